The minimum atomic E-state index is -3.62. The number of hydrogen-bond donors (Lipinski definition) is 2. The molecular weight excluding hydrogens is 248 g/mol. The molecule has 0 radical (unpaired) electrons. The lowest BCUT2D eigenvalue weighted by atomic mass is 9.99. The Morgan fingerprint density at radius 1 is 1.33 bits per heavy atom. The fourth-order valence-corrected chi connectivity index (χ4v) is 3.16. The third kappa shape index (κ3) is 3.23. The van der Waals surface area contributed by atoms with Gasteiger partial charge in [0.2, 0.25) is 10.0 Å². The van der Waals surface area contributed by atoms with Crippen LogP contribution in [-0.2, 0) is 10.0 Å². The van der Waals surface area contributed by atoms with E-state index in [0.29, 0.717) is 12.0 Å². The Balaban J connectivity index is 2.09. The molecule has 0 aliphatic heterocycles. The standard InChI is InChI=1S/C13H20N2O2S/c1-10(11-5-2-3-6-11)15-12-7-4-8-13(9-12)18(14,16)17/h4,7-11,15H,2-3,5-6H2,1H3,(H2,14,16,17). The molecule has 1 saturated carbocycles. The quantitative estimate of drug-likeness (QED) is 0.880. The van der Waals surface area contributed by atoms with Gasteiger partial charge < -0.3 is 5.32 Å². The van der Waals surface area contributed by atoms with Crippen molar-refractivity contribution in [3.63, 3.8) is 0 Å². The number of nitrogens with one attached hydrogen (secondary N) is 1. The Morgan fingerprint density at radius 3 is 2.61 bits per heavy atom. The summed E-state index contributed by atoms with van der Waals surface area (Å²) in [5.74, 6) is 0.683. The second-order valence-electron chi connectivity index (χ2n) is 5.05. The largest absolute Gasteiger partial charge is 0.382 e. The molecular formula is C13H20N2O2S. The van der Waals surface area contributed by atoms with Crippen molar-refractivity contribution in [1.82, 2.24) is 0 Å². The summed E-state index contributed by atoms with van der Waals surface area (Å²) in [6.45, 7) is 2.15. The van der Waals surface area contributed by atoms with Gasteiger partial charge in [0.1, 0.15) is 0 Å². The maximum absolute atomic E-state index is 11.3. The molecule has 1 aliphatic carbocycles. The Kier molecular flexibility index (Phi) is 3.92. The van der Waals surface area contributed by atoms with Gasteiger partial charge in [0.05, 0.1) is 4.90 Å². The monoisotopic (exact) mass is 268 g/mol. The lowest BCUT2D eigenvalue weighted by Crippen LogP contribution is -2.24. The minimum absolute atomic E-state index is 0.158. The average molecular weight is 268 g/mol. The summed E-state index contributed by atoms with van der Waals surface area (Å²) >= 11 is 0. The van der Waals surface area contributed by atoms with E-state index in [4.69, 9.17) is 5.14 Å². The number of primary sulfonamides is 1. The second kappa shape index (κ2) is 5.28. The molecule has 1 atom stereocenters. The van der Waals surface area contributed by atoms with Gasteiger partial charge in [-0.05, 0) is 43.9 Å². The molecule has 1 aliphatic rings. The maximum atomic E-state index is 11.3. The van der Waals surface area contributed by atoms with E-state index in [2.05, 4.69) is 12.2 Å². The fourth-order valence-electron chi connectivity index (χ4n) is 2.60. The van der Waals surface area contributed by atoms with Crippen LogP contribution in [0.3, 0.4) is 0 Å². The summed E-state index contributed by atoms with van der Waals surface area (Å²) in [5.41, 5.74) is 0.820. The van der Waals surface area contributed by atoms with Gasteiger partial charge in [-0.25, -0.2) is 13.6 Å². The van der Waals surface area contributed by atoms with Crippen LogP contribution in [0.4, 0.5) is 5.69 Å². The van der Waals surface area contributed by atoms with Crippen molar-refractivity contribution < 1.29 is 8.42 Å². The van der Waals surface area contributed by atoms with Crippen LogP contribution in [0.15, 0.2) is 29.2 Å². The van der Waals surface area contributed by atoms with Crippen molar-refractivity contribution >= 4 is 15.7 Å². The molecule has 0 amide bonds. The van der Waals surface area contributed by atoms with Crippen LogP contribution in [0.5, 0.6) is 0 Å². The van der Waals surface area contributed by atoms with Crippen molar-refractivity contribution in [2.45, 2.75) is 43.5 Å². The first-order valence-electron chi connectivity index (χ1n) is 6.36. The molecule has 0 bridgehead atoms. The van der Waals surface area contributed by atoms with Gasteiger partial charge in [-0.2, -0.15) is 0 Å². The van der Waals surface area contributed by atoms with E-state index < -0.39 is 10.0 Å². The molecule has 3 N–H and O–H groups in total. The van der Waals surface area contributed by atoms with E-state index in [1.54, 1.807) is 12.1 Å². The summed E-state index contributed by atoms with van der Waals surface area (Å²) in [5, 5.41) is 8.50. The zero-order valence-electron chi connectivity index (χ0n) is 10.6. The number of nitrogens with two attached hydrogens (primary N) is 1. The zero-order valence-corrected chi connectivity index (χ0v) is 11.4. The Morgan fingerprint density at radius 2 is 2.00 bits per heavy atom. The molecule has 1 unspecified atom stereocenters. The summed E-state index contributed by atoms with van der Waals surface area (Å²) in [7, 11) is -3.62. The van der Waals surface area contributed by atoms with Crippen LogP contribution >= 0.6 is 0 Å². The van der Waals surface area contributed by atoms with E-state index in [0.717, 1.165) is 5.69 Å². The first kappa shape index (κ1) is 13.4. The van der Waals surface area contributed by atoms with E-state index >= 15 is 0 Å². The Hall–Kier alpha value is -1.07. The Labute approximate surface area is 109 Å². The molecule has 1 aromatic carbocycles. The van der Waals surface area contributed by atoms with Crippen molar-refractivity contribution in [2.75, 3.05) is 5.32 Å². The molecule has 0 saturated heterocycles. The van der Waals surface area contributed by atoms with Crippen LogP contribution in [0.25, 0.3) is 0 Å². The molecule has 0 aromatic heterocycles. The molecule has 0 spiro atoms. The van der Waals surface area contributed by atoms with Gasteiger partial charge in [-0.3, -0.25) is 0 Å². The maximum Gasteiger partial charge on any atom is 0.238 e. The molecule has 18 heavy (non-hydrogen) atoms. The molecule has 1 fully saturated rings. The SMILES string of the molecule is CC(Nc1cccc(S(N)(=O)=O)c1)C1CCCC1. The van der Waals surface area contributed by atoms with Crippen molar-refractivity contribution in [3.05, 3.63) is 24.3 Å². The average Bonchev–Trinajstić information content (AvgIpc) is 2.81. The number of anilines is 1. The fraction of sp³-hybridized carbons (Fsp3) is 0.538. The van der Waals surface area contributed by atoms with Crippen LogP contribution in [0, 0.1) is 5.92 Å². The topological polar surface area (TPSA) is 72.2 Å². The van der Waals surface area contributed by atoms with Crippen molar-refractivity contribution in [1.29, 1.82) is 0 Å². The van der Waals surface area contributed by atoms with Crippen LogP contribution < -0.4 is 10.5 Å². The van der Waals surface area contributed by atoms with E-state index in [1.807, 2.05) is 6.07 Å². The highest BCUT2D eigenvalue weighted by Gasteiger charge is 2.21. The number of rotatable bonds is 4. The van der Waals surface area contributed by atoms with Gasteiger partial charge in [0.25, 0.3) is 0 Å². The van der Waals surface area contributed by atoms with Gasteiger partial charge in [-0.1, -0.05) is 18.9 Å². The normalized spacial score (nSPS) is 18.8. The van der Waals surface area contributed by atoms with E-state index in [9.17, 15) is 8.42 Å². The second-order valence-corrected chi connectivity index (χ2v) is 6.61. The van der Waals surface area contributed by atoms with E-state index in [1.165, 1.54) is 31.7 Å². The summed E-state index contributed by atoms with van der Waals surface area (Å²) in [4.78, 5) is 0.158. The lowest BCUT2D eigenvalue weighted by molar-refractivity contribution is 0.482. The van der Waals surface area contributed by atoms with Crippen LogP contribution in [-0.4, -0.2) is 14.5 Å². The van der Waals surface area contributed by atoms with Gasteiger partial charge in [0, 0.05) is 11.7 Å². The lowest BCUT2D eigenvalue weighted by Gasteiger charge is -2.21. The van der Waals surface area contributed by atoms with Gasteiger partial charge in [0.15, 0.2) is 0 Å². The first-order chi connectivity index (χ1) is 8.47. The molecule has 100 valence electrons. The summed E-state index contributed by atoms with van der Waals surface area (Å²) < 4.78 is 22.6. The predicted molar refractivity (Wildman–Crippen MR) is 72.9 cm³/mol. The van der Waals surface area contributed by atoms with Crippen molar-refractivity contribution in [2.24, 2.45) is 11.1 Å². The number of benzene rings is 1. The summed E-state index contributed by atoms with van der Waals surface area (Å²) in [6, 6.07) is 7.06. The molecule has 1 aromatic rings. The highest BCUT2D eigenvalue weighted by atomic mass is 32.2. The highest BCUT2D eigenvalue weighted by molar-refractivity contribution is 7.89. The third-order valence-corrected chi connectivity index (χ3v) is 4.57. The minimum Gasteiger partial charge on any atom is -0.382 e. The van der Waals surface area contributed by atoms with Crippen LogP contribution in [0.2, 0.25) is 0 Å². The van der Waals surface area contributed by atoms with Crippen LogP contribution in [0.1, 0.15) is 32.6 Å². The summed E-state index contributed by atoms with van der Waals surface area (Å²) in [6.07, 6.45) is 5.11. The number of hydrogen-bond acceptors (Lipinski definition) is 3. The Bertz CT molecular complexity index is 507. The number of sulfonamides is 1. The van der Waals surface area contributed by atoms with E-state index in [-0.39, 0.29) is 4.90 Å². The molecule has 4 nitrogen and oxygen atoms in total. The van der Waals surface area contributed by atoms with Gasteiger partial charge >= 0.3 is 0 Å². The predicted octanol–water partition coefficient (Wildman–Crippen LogP) is 2.32. The third-order valence-electron chi connectivity index (χ3n) is 3.66. The van der Waals surface area contributed by atoms with Gasteiger partial charge in [-0.15, -0.1) is 0 Å². The molecule has 2 rings (SSSR count). The molecule has 5 heteroatoms. The zero-order chi connectivity index (χ0) is 13.2. The highest BCUT2D eigenvalue weighted by Crippen LogP contribution is 2.29. The first-order valence-corrected chi connectivity index (χ1v) is 7.91. The van der Waals surface area contributed by atoms with Crippen molar-refractivity contribution in [3.8, 4) is 0 Å². The molecule has 0 heterocycles. The smallest absolute Gasteiger partial charge is 0.238 e.